The van der Waals surface area contributed by atoms with Crippen LogP contribution in [0.15, 0.2) is 60.7 Å². The summed E-state index contributed by atoms with van der Waals surface area (Å²) in [4.78, 5) is 10.9. The molecule has 0 heterocycles. The molecule has 0 aliphatic carbocycles. The standard InChI is InChI=1S/C10H12.C8H9NO/c1-3-6-10-8-5-4-7-9(10)2;1-9-8(10)7-5-3-2-4-6-7/h3-8H,1-2H3;2-6H,1H3,(H,9,10)/b6-3-;. The van der Waals surface area contributed by atoms with Gasteiger partial charge in [-0.05, 0) is 37.1 Å². The van der Waals surface area contributed by atoms with E-state index in [0.717, 1.165) is 0 Å². The molecule has 0 bridgehead atoms. The highest BCUT2D eigenvalue weighted by Gasteiger charge is 1.97. The zero-order valence-corrected chi connectivity index (χ0v) is 12.3. The van der Waals surface area contributed by atoms with Crippen molar-refractivity contribution in [2.75, 3.05) is 7.05 Å². The first-order valence-electron chi connectivity index (χ1n) is 6.64. The average molecular weight is 267 g/mol. The SMILES string of the molecule is C/C=C\c1ccccc1C.CNC(=O)c1ccccc1. The van der Waals surface area contributed by atoms with Crippen LogP contribution in [0.4, 0.5) is 0 Å². The second kappa shape index (κ2) is 8.70. The van der Waals surface area contributed by atoms with E-state index in [-0.39, 0.29) is 5.91 Å². The summed E-state index contributed by atoms with van der Waals surface area (Å²) in [5, 5.41) is 2.54. The molecule has 0 saturated carbocycles. The van der Waals surface area contributed by atoms with Gasteiger partial charge in [-0.1, -0.05) is 54.6 Å². The van der Waals surface area contributed by atoms with Crippen molar-refractivity contribution in [3.63, 3.8) is 0 Å². The largest absolute Gasteiger partial charge is 0.355 e. The van der Waals surface area contributed by atoms with Crippen LogP contribution in [-0.2, 0) is 0 Å². The molecule has 2 rings (SSSR count). The van der Waals surface area contributed by atoms with Gasteiger partial charge in [0.25, 0.3) is 5.91 Å². The van der Waals surface area contributed by atoms with Crippen LogP contribution < -0.4 is 5.32 Å². The van der Waals surface area contributed by atoms with Gasteiger partial charge in [0.2, 0.25) is 0 Å². The minimum atomic E-state index is -0.0411. The molecule has 2 heteroatoms. The van der Waals surface area contributed by atoms with Gasteiger partial charge in [-0.25, -0.2) is 0 Å². The zero-order chi connectivity index (χ0) is 14.8. The van der Waals surface area contributed by atoms with E-state index in [1.54, 1.807) is 19.2 Å². The van der Waals surface area contributed by atoms with Crippen molar-refractivity contribution in [2.45, 2.75) is 13.8 Å². The molecule has 2 nitrogen and oxygen atoms in total. The third kappa shape index (κ3) is 5.11. The fourth-order valence-corrected chi connectivity index (χ4v) is 1.69. The maximum absolute atomic E-state index is 10.9. The van der Waals surface area contributed by atoms with E-state index < -0.39 is 0 Å². The van der Waals surface area contributed by atoms with Gasteiger partial charge >= 0.3 is 0 Å². The zero-order valence-electron chi connectivity index (χ0n) is 12.3. The first kappa shape index (κ1) is 15.7. The summed E-state index contributed by atoms with van der Waals surface area (Å²) in [6.45, 7) is 4.15. The number of aryl methyl sites for hydroxylation is 1. The summed E-state index contributed by atoms with van der Waals surface area (Å²) >= 11 is 0. The molecule has 0 spiro atoms. The molecule has 0 aliphatic rings. The van der Waals surface area contributed by atoms with E-state index in [9.17, 15) is 4.79 Å². The Morgan fingerprint density at radius 1 is 1.00 bits per heavy atom. The first-order chi connectivity index (χ1) is 9.69. The number of allylic oxidation sites excluding steroid dienone is 1. The lowest BCUT2D eigenvalue weighted by atomic mass is 10.1. The van der Waals surface area contributed by atoms with Crippen LogP contribution >= 0.6 is 0 Å². The van der Waals surface area contributed by atoms with E-state index in [1.165, 1.54) is 11.1 Å². The summed E-state index contributed by atoms with van der Waals surface area (Å²) < 4.78 is 0. The molecular formula is C18H21NO. The smallest absolute Gasteiger partial charge is 0.251 e. The number of benzene rings is 2. The summed E-state index contributed by atoms with van der Waals surface area (Å²) in [7, 11) is 1.62. The van der Waals surface area contributed by atoms with Gasteiger partial charge in [-0.2, -0.15) is 0 Å². The second-order valence-electron chi connectivity index (χ2n) is 4.30. The molecule has 1 N–H and O–H groups in total. The molecule has 0 unspecified atom stereocenters. The number of carbonyl (C=O) groups excluding carboxylic acids is 1. The number of nitrogens with one attached hydrogen (secondary N) is 1. The van der Waals surface area contributed by atoms with E-state index in [0.29, 0.717) is 5.56 Å². The maximum Gasteiger partial charge on any atom is 0.251 e. The number of hydrogen-bond donors (Lipinski definition) is 1. The molecule has 0 radical (unpaired) electrons. The number of amides is 1. The Morgan fingerprint density at radius 3 is 2.15 bits per heavy atom. The average Bonchev–Trinajstić information content (AvgIpc) is 2.50. The summed E-state index contributed by atoms with van der Waals surface area (Å²) in [5.41, 5.74) is 3.34. The normalized spacial score (nSPS) is 9.75. The minimum absolute atomic E-state index is 0.0411. The van der Waals surface area contributed by atoms with Gasteiger partial charge in [0.15, 0.2) is 0 Å². The Labute approximate surface area is 121 Å². The third-order valence-electron chi connectivity index (χ3n) is 2.80. The van der Waals surface area contributed by atoms with Crippen molar-refractivity contribution in [1.29, 1.82) is 0 Å². The monoisotopic (exact) mass is 267 g/mol. The quantitative estimate of drug-likeness (QED) is 0.873. The van der Waals surface area contributed by atoms with Crippen LogP contribution in [0.25, 0.3) is 6.08 Å². The molecule has 0 aliphatic heterocycles. The van der Waals surface area contributed by atoms with Crippen LogP contribution in [0.5, 0.6) is 0 Å². The molecule has 1 amide bonds. The van der Waals surface area contributed by atoms with Gasteiger partial charge < -0.3 is 5.32 Å². The highest BCUT2D eigenvalue weighted by atomic mass is 16.1. The summed E-state index contributed by atoms with van der Waals surface area (Å²) in [6.07, 6.45) is 4.18. The number of rotatable bonds is 2. The van der Waals surface area contributed by atoms with Crippen molar-refractivity contribution in [3.05, 3.63) is 77.4 Å². The van der Waals surface area contributed by atoms with Crippen molar-refractivity contribution >= 4 is 12.0 Å². The number of carbonyl (C=O) groups is 1. The highest BCUT2D eigenvalue weighted by molar-refractivity contribution is 5.93. The topological polar surface area (TPSA) is 29.1 Å². The lowest BCUT2D eigenvalue weighted by molar-refractivity contribution is 0.0963. The number of hydrogen-bond acceptors (Lipinski definition) is 1. The van der Waals surface area contributed by atoms with Gasteiger partial charge in [0, 0.05) is 12.6 Å². The summed E-state index contributed by atoms with van der Waals surface area (Å²) in [5.74, 6) is -0.0411. The van der Waals surface area contributed by atoms with E-state index in [4.69, 9.17) is 0 Å². The Balaban J connectivity index is 0.000000200. The highest BCUT2D eigenvalue weighted by Crippen LogP contribution is 2.07. The van der Waals surface area contributed by atoms with E-state index in [2.05, 4.69) is 48.7 Å². The van der Waals surface area contributed by atoms with E-state index in [1.807, 2.05) is 25.1 Å². The fourth-order valence-electron chi connectivity index (χ4n) is 1.69. The Hall–Kier alpha value is -2.35. The predicted octanol–water partition coefficient (Wildman–Crippen LogP) is 4.07. The van der Waals surface area contributed by atoms with Crippen molar-refractivity contribution in [1.82, 2.24) is 5.32 Å². The molecule has 20 heavy (non-hydrogen) atoms. The molecule has 0 atom stereocenters. The van der Waals surface area contributed by atoms with Gasteiger partial charge in [0.05, 0.1) is 0 Å². The molecular weight excluding hydrogens is 246 g/mol. The third-order valence-corrected chi connectivity index (χ3v) is 2.80. The van der Waals surface area contributed by atoms with Crippen LogP contribution in [0.2, 0.25) is 0 Å². The van der Waals surface area contributed by atoms with Crippen molar-refractivity contribution in [3.8, 4) is 0 Å². The molecule has 0 aromatic heterocycles. The fraction of sp³-hybridized carbons (Fsp3) is 0.167. The minimum Gasteiger partial charge on any atom is -0.355 e. The Bertz CT molecular complexity index is 559. The van der Waals surface area contributed by atoms with Gasteiger partial charge in [-0.3, -0.25) is 4.79 Å². The molecule has 2 aromatic rings. The lowest BCUT2D eigenvalue weighted by Crippen LogP contribution is -2.17. The van der Waals surface area contributed by atoms with Crippen molar-refractivity contribution < 1.29 is 4.79 Å². The maximum atomic E-state index is 10.9. The lowest BCUT2D eigenvalue weighted by Gasteiger charge is -1.96. The van der Waals surface area contributed by atoms with Gasteiger partial charge in [0.1, 0.15) is 0 Å². The molecule has 104 valence electrons. The molecule has 0 fully saturated rings. The molecule has 0 saturated heterocycles. The van der Waals surface area contributed by atoms with Crippen molar-refractivity contribution in [2.24, 2.45) is 0 Å². The van der Waals surface area contributed by atoms with Crippen LogP contribution in [0.3, 0.4) is 0 Å². The van der Waals surface area contributed by atoms with Gasteiger partial charge in [-0.15, -0.1) is 0 Å². The summed E-state index contributed by atoms with van der Waals surface area (Å²) in [6, 6.07) is 17.5. The van der Waals surface area contributed by atoms with Crippen LogP contribution in [-0.4, -0.2) is 13.0 Å². The Morgan fingerprint density at radius 2 is 1.60 bits per heavy atom. The van der Waals surface area contributed by atoms with Crippen LogP contribution in [0.1, 0.15) is 28.4 Å². The predicted molar refractivity (Wildman–Crippen MR) is 85.7 cm³/mol. The Kier molecular flexibility index (Phi) is 6.83. The van der Waals surface area contributed by atoms with Crippen LogP contribution in [0, 0.1) is 6.92 Å². The first-order valence-corrected chi connectivity index (χ1v) is 6.64. The van der Waals surface area contributed by atoms with E-state index >= 15 is 0 Å². The molecule has 2 aromatic carbocycles. The second-order valence-corrected chi connectivity index (χ2v) is 4.30.